The summed E-state index contributed by atoms with van der Waals surface area (Å²) in [7, 11) is 0. The molecule has 19 heavy (non-hydrogen) atoms. The second kappa shape index (κ2) is 7.28. The van der Waals surface area contributed by atoms with Gasteiger partial charge >= 0.3 is 5.97 Å². The lowest BCUT2D eigenvalue weighted by Gasteiger charge is -2.35. The molecule has 1 aliphatic carbocycles. The van der Waals surface area contributed by atoms with Crippen LogP contribution in [0.5, 0.6) is 0 Å². The molecular formula is C16H29NO2. The SMILES string of the molecule is CCCC1(C(=O)OCC2CCCCC2)CCCNC1. The lowest BCUT2D eigenvalue weighted by molar-refractivity contribution is -0.159. The molecule has 0 aromatic carbocycles. The van der Waals surface area contributed by atoms with Gasteiger partial charge in [0.2, 0.25) is 0 Å². The topological polar surface area (TPSA) is 38.3 Å². The van der Waals surface area contributed by atoms with E-state index < -0.39 is 0 Å². The summed E-state index contributed by atoms with van der Waals surface area (Å²) in [6.07, 6.45) is 10.6. The van der Waals surface area contributed by atoms with Crippen molar-refractivity contribution in [3.8, 4) is 0 Å². The maximum absolute atomic E-state index is 12.5. The highest BCUT2D eigenvalue weighted by molar-refractivity contribution is 5.77. The molecule has 2 fully saturated rings. The third kappa shape index (κ3) is 3.95. The van der Waals surface area contributed by atoms with Crippen LogP contribution in [0, 0.1) is 11.3 Å². The van der Waals surface area contributed by atoms with E-state index >= 15 is 0 Å². The Hall–Kier alpha value is -0.570. The maximum atomic E-state index is 12.5. The number of carbonyl (C=O) groups is 1. The van der Waals surface area contributed by atoms with Gasteiger partial charge in [-0.05, 0) is 44.6 Å². The van der Waals surface area contributed by atoms with Crippen LogP contribution in [0.4, 0.5) is 0 Å². The van der Waals surface area contributed by atoms with E-state index in [2.05, 4.69) is 12.2 Å². The number of carbonyl (C=O) groups excluding carboxylic acids is 1. The van der Waals surface area contributed by atoms with Gasteiger partial charge in [0.15, 0.2) is 0 Å². The van der Waals surface area contributed by atoms with Crippen LogP contribution in [-0.4, -0.2) is 25.7 Å². The van der Waals surface area contributed by atoms with Crippen molar-refractivity contribution in [1.29, 1.82) is 0 Å². The molecule has 0 aromatic heterocycles. The average Bonchev–Trinajstić information content (AvgIpc) is 2.47. The monoisotopic (exact) mass is 267 g/mol. The lowest BCUT2D eigenvalue weighted by atomic mass is 9.77. The zero-order chi connectivity index (χ0) is 13.6. The Labute approximate surface area is 117 Å². The minimum absolute atomic E-state index is 0.0622. The van der Waals surface area contributed by atoms with Crippen LogP contribution < -0.4 is 5.32 Å². The molecular weight excluding hydrogens is 238 g/mol. The van der Waals surface area contributed by atoms with Gasteiger partial charge in [0.05, 0.1) is 12.0 Å². The van der Waals surface area contributed by atoms with Gasteiger partial charge in [0.1, 0.15) is 0 Å². The second-order valence-corrected chi connectivity index (χ2v) is 6.41. The molecule has 1 aliphatic heterocycles. The van der Waals surface area contributed by atoms with Crippen molar-refractivity contribution in [2.75, 3.05) is 19.7 Å². The quantitative estimate of drug-likeness (QED) is 0.777. The molecule has 1 heterocycles. The van der Waals surface area contributed by atoms with E-state index in [0.717, 1.165) is 38.8 Å². The summed E-state index contributed by atoms with van der Waals surface area (Å²) in [6, 6.07) is 0. The Balaban J connectivity index is 1.84. The van der Waals surface area contributed by atoms with E-state index in [1.54, 1.807) is 0 Å². The molecule has 0 amide bonds. The molecule has 0 radical (unpaired) electrons. The Bertz CT molecular complexity index is 273. The molecule has 2 aliphatic rings. The minimum Gasteiger partial charge on any atom is -0.465 e. The van der Waals surface area contributed by atoms with E-state index in [1.807, 2.05) is 0 Å². The van der Waals surface area contributed by atoms with E-state index in [-0.39, 0.29) is 11.4 Å². The van der Waals surface area contributed by atoms with Crippen molar-refractivity contribution < 1.29 is 9.53 Å². The molecule has 1 N–H and O–H groups in total. The summed E-state index contributed by atoms with van der Waals surface area (Å²) in [5, 5.41) is 3.38. The van der Waals surface area contributed by atoms with E-state index in [1.165, 1.54) is 32.1 Å². The first-order valence-electron chi connectivity index (χ1n) is 8.15. The summed E-state index contributed by atoms with van der Waals surface area (Å²) in [4.78, 5) is 12.5. The van der Waals surface area contributed by atoms with E-state index in [9.17, 15) is 4.79 Å². The van der Waals surface area contributed by atoms with Gasteiger partial charge in [0.25, 0.3) is 0 Å². The normalized spacial score (nSPS) is 29.1. The number of rotatable bonds is 5. The minimum atomic E-state index is -0.234. The molecule has 1 atom stereocenters. The van der Waals surface area contributed by atoms with E-state index in [0.29, 0.717) is 12.5 Å². The van der Waals surface area contributed by atoms with Crippen molar-refractivity contribution in [3.63, 3.8) is 0 Å². The first-order valence-corrected chi connectivity index (χ1v) is 8.15. The Morgan fingerprint density at radius 2 is 2.05 bits per heavy atom. The Kier molecular flexibility index (Phi) is 5.68. The Morgan fingerprint density at radius 1 is 1.26 bits per heavy atom. The van der Waals surface area contributed by atoms with Gasteiger partial charge in [-0.15, -0.1) is 0 Å². The predicted octanol–water partition coefficient (Wildman–Crippen LogP) is 3.28. The highest BCUT2D eigenvalue weighted by Gasteiger charge is 2.40. The molecule has 3 nitrogen and oxygen atoms in total. The number of nitrogens with one attached hydrogen (secondary N) is 1. The zero-order valence-electron chi connectivity index (χ0n) is 12.4. The van der Waals surface area contributed by atoms with Gasteiger partial charge in [0, 0.05) is 6.54 Å². The highest BCUT2D eigenvalue weighted by atomic mass is 16.5. The molecule has 1 saturated heterocycles. The van der Waals surface area contributed by atoms with Crippen LogP contribution in [0.2, 0.25) is 0 Å². The summed E-state index contributed by atoms with van der Waals surface area (Å²) >= 11 is 0. The highest BCUT2D eigenvalue weighted by Crippen LogP contribution is 2.34. The summed E-state index contributed by atoms with van der Waals surface area (Å²) in [5.74, 6) is 0.681. The van der Waals surface area contributed by atoms with Crippen LogP contribution in [0.25, 0.3) is 0 Å². The number of hydrogen-bond donors (Lipinski definition) is 1. The average molecular weight is 267 g/mol. The van der Waals surface area contributed by atoms with Crippen molar-refractivity contribution >= 4 is 5.97 Å². The molecule has 2 rings (SSSR count). The first-order chi connectivity index (χ1) is 9.27. The van der Waals surface area contributed by atoms with Crippen molar-refractivity contribution in [2.24, 2.45) is 11.3 Å². The van der Waals surface area contributed by atoms with Crippen LogP contribution in [0.1, 0.15) is 64.7 Å². The van der Waals surface area contributed by atoms with E-state index in [4.69, 9.17) is 4.74 Å². The lowest BCUT2D eigenvalue weighted by Crippen LogP contribution is -2.46. The van der Waals surface area contributed by atoms with Crippen molar-refractivity contribution in [2.45, 2.75) is 64.7 Å². The fourth-order valence-electron chi connectivity index (χ4n) is 3.64. The second-order valence-electron chi connectivity index (χ2n) is 6.41. The van der Waals surface area contributed by atoms with Crippen LogP contribution in [0.3, 0.4) is 0 Å². The van der Waals surface area contributed by atoms with Gasteiger partial charge in [-0.3, -0.25) is 4.79 Å². The third-order valence-electron chi connectivity index (χ3n) is 4.81. The molecule has 1 saturated carbocycles. The Morgan fingerprint density at radius 3 is 2.68 bits per heavy atom. The third-order valence-corrected chi connectivity index (χ3v) is 4.81. The predicted molar refractivity (Wildman–Crippen MR) is 77.0 cm³/mol. The fraction of sp³-hybridized carbons (Fsp3) is 0.938. The van der Waals surface area contributed by atoms with Crippen LogP contribution in [-0.2, 0) is 9.53 Å². The largest absolute Gasteiger partial charge is 0.465 e. The van der Waals surface area contributed by atoms with Gasteiger partial charge in [-0.2, -0.15) is 0 Å². The van der Waals surface area contributed by atoms with Gasteiger partial charge in [-0.25, -0.2) is 0 Å². The van der Waals surface area contributed by atoms with Gasteiger partial charge < -0.3 is 10.1 Å². The summed E-state index contributed by atoms with van der Waals surface area (Å²) in [6.45, 7) is 4.67. The fourth-order valence-corrected chi connectivity index (χ4v) is 3.64. The number of esters is 1. The molecule has 1 unspecified atom stereocenters. The van der Waals surface area contributed by atoms with Gasteiger partial charge in [-0.1, -0.05) is 32.6 Å². The van der Waals surface area contributed by atoms with Crippen LogP contribution in [0.15, 0.2) is 0 Å². The molecule has 3 heteroatoms. The van der Waals surface area contributed by atoms with Crippen LogP contribution >= 0.6 is 0 Å². The molecule has 0 aromatic rings. The number of piperidine rings is 1. The summed E-state index contributed by atoms with van der Waals surface area (Å²) < 4.78 is 5.70. The summed E-state index contributed by atoms with van der Waals surface area (Å²) in [5.41, 5.74) is -0.234. The zero-order valence-corrected chi connectivity index (χ0v) is 12.4. The molecule has 0 spiro atoms. The number of hydrogen-bond acceptors (Lipinski definition) is 3. The number of ether oxygens (including phenoxy) is 1. The molecule has 110 valence electrons. The van der Waals surface area contributed by atoms with Crippen molar-refractivity contribution in [1.82, 2.24) is 5.32 Å². The standard InChI is InChI=1S/C16H29NO2/c1-2-9-16(10-6-11-17-13-16)15(18)19-12-14-7-4-3-5-8-14/h14,17H,2-13H2,1H3. The molecule has 0 bridgehead atoms. The maximum Gasteiger partial charge on any atom is 0.313 e. The van der Waals surface area contributed by atoms with Crippen molar-refractivity contribution in [3.05, 3.63) is 0 Å². The smallest absolute Gasteiger partial charge is 0.313 e. The first kappa shape index (κ1) is 14.8.